The van der Waals surface area contributed by atoms with Crippen LogP contribution in [0, 0.1) is 18.3 Å². The number of aryl methyl sites for hydroxylation is 1. The number of anilines is 2. The van der Waals surface area contributed by atoms with Crippen molar-refractivity contribution in [2.75, 3.05) is 10.5 Å². The Labute approximate surface area is 130 Å². The van der Waals surface area contributed by atoms with Crippen LogP contribution in [0.4, 0.5) is 10.8 Å². The number of nitrogens with two attached hydrogens (primary N) is 1. The van der Waals surface area contributed by atoms with Crippen LogP contribution in [0.1, 0.15) is 11.1 Å². The molecule has 0 bridgehead atoms. The largest absolute Gasteiger partial charge is 0.375 e. The van der Waals surface area contributed by atoms with Gasteiger partial charge in [0.25, 0.3) is 10.0 Å². The molecule has 0 fully saturated rings. The van der Waals surface area contributed by atoms with Crippen molar-refractivity contribution < 1.29 is 8.42 Å². The van der Waals surface area contributed by atoms with Crippen LogP contribution >= 0.6 is 11.3 Å². The van der Waals surface area contributed by atoms with Crippen molar-refractivity contribution in [2.45, 2.75) is 11.1 Å². The summed E-state index contributed by atoms with van der Waals surface area (Å²) in [4.78, 5) is 6.69. The summed E-state index contributed by atoms with van der Waals surface area (Å²) in [6.07, 6.45) is 2.77. The van der Waals surface area contributed by atoms with Crippen LogP contribution in [0.2, 0.25) is 0 Å². The number of hydrogen-bond acceptors (Lipinski definition) is 6. The number of aromatic nitrogens is 2. The molecule has 0 spiro atoms. The number of nitriles is 1. The third-order valence-electron chi connectivity index (χ3n) is 3.18. The highest BCUT2D eigenvalue weighted by molar-refractivity contribution is 7.94. The summed E-state index contributed by atoms with van der Waals surface area (Å²) in [5.74, 6) is 0. The van der Waals surface area contributed by atoms with Gasteiger partial charge in [0.1, 0.15) is 6.07 Å². The molecule has 0 radical (unpaired) electrons. The Morgan fingerprint density at radius 2 is 2.23 bits per heavy atom. The van der Waals surface area contributed by atoms with E-state index in [1.54, 1.807) is 18.3 Å². The maximum Gasteiger partial charge on any atom is 0.273 e. The van der Waals surface area contributed by atoms with Crippen molar-refractivity contribution in [3.8, 4) is 6.07 Å². The number of benzene rings is 1. The van der Waals surface area contributed by atoms with E-state index in [4.69, 9.17) is 11.0 Å². The molecule has 22 heavy (non-hydrogen) atoms. The normalized spacial score (nSPS) is 11.5. The number of rotatable bonds is 3. The molecule has 0 aliphatic heterocycles. The molecule has 2 aromatic heterocycles. The van der Waals surface area contributed by atoms with Gasteiger partial charge in [0.15, 0.2) is 9.34 Å². The van der Waals surface area contributed by atoms with E-state index in [-0.39, 0.29) is 9.34 Å². The van der Waals surface area contributed by atoms with Crippen molar-refractivity contribution in [3.05, 3.63) is 35.7 Å². The van der Waals surface area contributed by atoms with Crippen LogP contribution < -0.4 is 10.5 Å². The number of nitrogens with one attached hydrogen (secondary N) is 2. The van der Waals surface area contributed by atoms with Crippen LogP contribution in [-0.2, 0) is 10.0 Å². The van der Waals surface area contributed by atoms with Gasteiger partial charge in [0, 0.05) is 11.6 Å². The van der Waals surface area contributed by atoms with Crippen LogP contribution in [0.15, 0.2) is 28.7 Å². The molecule has 3 rings (SSSR count). The molecule has 3 aromatic rings. The van der Waals surface area contributed by atoms with Gasteiger partial charge in [-0.05, 0) is 18.6 Å². The lowest BCUT2D eigenvalue weighted by Gasteiger charge is -2.08. The topological polar surface area (TPSA) is 125 Å². The number of aromatic amines is 1. The first-order valence-electron chi connectivity index (χ1n) is 6.17. The third-order valence-corrected chi connectivity index (χ3v) is 5.83. The van der Waals surface area contributed by atoms with Gasteiger partial charge >= 0.3 is 0 Å². The molecule has 0 unspecified atom stereocenters. The molecule has 4 N–H and O–H groups in total. The fraction of sp³-hybridized carbons (Fsp3) is 0.0769. The first-order valence-corrected chi connectivity index (χ1v) is 8.47. The van der Waals surface area contributed by atoms with Gasteiger partial charge in [-0.15, -0.1) is 0 Å². The summed E-state index contributed by atoms with van der Waals surface area (Å²) in [5, 5.41) is 10.0. The van der Waals surface area contributed by atoms with Gasteiger partial charge in [-0.2, -0.15) is 5.26 Å². The second-order valence-corrected chi connectivity index (χ2v) is 7.59. The summed E-state index contributed by atoms with van der Waals surface area (Å²) < 4.78 is 27.2. The monoisotopic (exact) mass is 333 g/mol. The maximum atomic E-state index is 12.3. The number of hydrogen-bond donors (Lipinski definition) is 3. The molecule has 1 aromatic carbocycles. The van der Waals surface area contributed by atoms with Crippen LogP contribution in [0.25, 0.3) is 10.9 Å². The molecule has 0 aliphatic carbocycles. The summed E-state index contributed by atoms with van der Waals surface area (Å²) in [5.41, 5.74) is 7.77. The minimum atomic E-state index is -3.77. The Kier molecular flexibility index (Phi) is 3.27. The van der Waals surface area contributed by atoms with Crippen molar-refractivity contribution >= 4 is 43.1 Å². The lowest BCUT2D eigenvalue weighted by atomic mass is 10.1. The van der Waals surface area contributed by atoms with E-state index in [2.05, 4.69) is 20.8 Å². The Hall–Kier alpha value is -2.57. The molecule has 0 amide bonds. The highest BCUT2D eigenvalue weighted by atomic mass is 32.2. The Bertz CT molecular complexity index is 1010. The fourth-order valence-corrected chi connectivity index (χ4v) is 4.17. The van der Waals surface area contributed by atoms with Gasteiger partial charge in [0.2, 0.25) is 0 Å². The first kappa shape index (κ1) is 14.4. The number of sulfonamides is 1. The number of fused-ring (bicyclic) bond motifs is 1. The molecule has 9 heteroatoms. The van der Waals surface area contributed by atoms with E-state index in [9.17, 15) is 8.42 Å². The Morgan fingerprint density at radius 3 is 2.86 bits per heavy atom. The van der Waals surface area contributed by atoms with Crippen LogP contribution in [-0.4, -0.2) is 18.4 Å². The van der Waals surface area contributed by atoms with E-state index >= 15 is 0 Å². The molecule has 2 heterocycles. The molecule has 0 saturated carbocycles. The zero-order valence-corrected chi connectivity index (χ0v) is 13.0. The summed E-state index contributed by atoms with van der Waals surface area (Å²) in [7, 11) is -3.77. The summed E-state index contributed by atoms with van der Waals surface area (Å²) >= 11 is 0.886. The number of thiazole rings is 1. The maximum absolute atomic E-state index is 12.3. The van der Waals surface area contributed by atoms with Gasteiger partial charge in [-0.3, -0.25) is 4.72 Å². The van der Waals surface area contributed by atoms with Crippen LogP contribution in [0.3, 0.4) is 0 Å². The molecular weight excluding hydrogens is 322 g/mol. The molecule has 112 valence electrons. The smallest absolute Gasteiger partial charge is 0.273 e. The number of nitrogens with zero attached hydrogens (tertiary/aromatic N) is 2. The molecular formula is C13H11N5O2S2. The summed E-state index contributed by atoms with van der Waals surface area (Å²) in [6.45, 7) is 1.86. The number of nitrogen functional groups attached to an aromatic ring is 1. The predicted molar refractivity (Wildman–Crippen MR) is 85.1 cm³/mol. The summed E-state index contributed by atoms with van der Waals surface area (Å²) in [6, 6.07) is 5.49. The minimum absolute atomic E-state index is 0.0331. The van der Waals surface area contributed by atoms with E-state index < -0.39 is 10.0 Å². The van der Waals surface area contributed by atoms with Gasteiger partial charge in [-0.25, -0.2) is 13.4 Å². The molecule has 7 nitrogen and oxygen atoms in total. The third kappa shape index (κ3) is 2.28. The Morgan fingerprint density at radius 1 is 1.45 bits per heavy atom. The Balaban J connectivity index is 2.11. The van der Waals surface area contributed by atoms with Crippen molar-refractivity contribution in [3.63, 3.8) is 0 Å². The number of H-pyrrole nitrogens is 1. The van der Waals surface area contributed by atoms with E-state index in [1.807, 2.05) is 6.92 Å². The van der Waals surface area contributed by atoms with Crippen molar-refractivity contribution in [1.29, 1.82) is 5.26 Å². The molecule has 0 saturated heterocycles. The lowest BCUT2D eigenvalue weighted by Crippen LogP contribution is -2.12. The van der Waals surface area contributed by atoms with Gasteiger partial charge < -0.3 is 10.7 Å². The average molecular weight is 333 g/mol. The standard InChI is InChI=1S/C13H11N5O2S2/c1-7-2-3-9(12-11(7)8(4-14)5-16-12)18-22(19,20)10-6-17-13(15)21-10/h2-3,5-6,16,18H,1H3,(H2,15,17). The zero-order chi connectivity index (χ0) is 15.9. The molecule has 0 aliphatic rings. The van der Waals surface area contributed by atoms with Crippen molar-refractivity contribution in [2.24, 2.45) is 0 Å². The SMILES string of the molecule is Cc1ccc(NS(=O)(=O)c2cnc(N)s2)c2[nH]cc(C#N)c12. The predicted octanol–water partition coefficient (Wildman–Crippen LogP) is 2.19. The van der Waals surface area contributed by atoms with Gasteiger partial charge in [0.05, 0.1) is 23.0 Å². The van der Waals surface area contributed by atoms with E-state index in [0.717, 1.165) is 16.9 Å². The van der Waals surface area contributed by atoms with Crippen LogP contribution in [0.5, 0.6) is 0 Å². The lowest BCUT2D eigenvalue weighted by molar-refractivity contribution is 0.603. The van der Waals surface area contributed by atoms with Crippen molar-refractivity contribution in [1.82, 2.24) is 9.97 Å². The second kappa shape index (κ2) is 5.01. The molecule has 0 atom stereocenters. The fourth-order valence-electron chi connectivity index (χ4n) is 2.18. The highest BCUT2D eigenvalue weighted by Gasteiger charge is 2.20. The second-order valence-electron chi connectivity index (χ2n) is 4.62. The average Bonchev–Trinajstić information content (AvgIpc) is 3.08. The van der Waals surface area contributed by atoms with Gasteiger partial charge in [-0.1, -0.05) is 17.4 Å². The van der Waals surface area contributed by atoms with E-state index in [0.29, 0.717) is 22.2 Å². The zero-order valence-electron chi connectivity index (χ0n) is 11.4. The minimum Gasteiger partial charge on any atom is -0.375 e. The quantitative estimate of drug-likeness (QED) is 0.677. The highest BCUT2D eigenvalue weighted by Crippen LogP contribution is 2.30. The van der Waals surface area contributed by atoms with E-state index in [1.165, 1.54) is 6.20 Å². The first-order chi connectivity index (χ1) is 10.4.